The first-order valence-electron chi connectivity index (χ1n) is 12.0. The van der Waals surface area contributed by atoms with E-state index < -0.39 is 5.97 Å². The lowest BCUT2D eigenvalue weighted by atomic mass is 10.2. The van der Waals surface area contributed by atoms with Crippen LogP contribution in [0.25, 0.3) is 0 Å². The van der Waals surface area contributed by atoms with Crippen LogP contribution in [0.5, 0.6) is 11.5 Å². The van der Waals surface area contributed by atoms with Crippen molar-refractivity contribution in [2.75, 3.05) is 74.9 Å². The number of carbonyl (C=O) groups excluding carboxylic acids is 1. The molecule has 12 heteroatoms. The van der Waals surface area contributed by atoms with Gasteiger partial charge in [0.25, 0.3) is 0 Å². The van der Waals surface area contributed by atoms with Crippen molar-refractivity contribution in [3.8, 4) is 11.5 Å². The van der Waals surface area contributed by atoms with E-state index in [9.17, 15) is 4.79 Å². The molecule has 2 aliphatic rings. The fourth-order valence-electron chi connectivity index (χ4n) is 3.91. The van der Waals surface area contributed by atoms with Gasteiger partial charge >= 0.3 is 5.97 Å². The third-order valence-corrected chi connectivity index (χ3v) is 6.69. The highest BCUT2D eigenvalue weighted by atomic mass is 32.1. The number of hydrogen-bond donors (Lipinski definition) is 1. The van der Waals surface area contributed by atoms with Gasteiger partial charge in [0.1, 0.15) is 10.7 Å². The largest absolute Gasteiger partial charge is 0.493 e. The summed E-state index contributed by atoms with van der Waals surface area (Å²) in [5.74, 6) is 2.40. The molecule has 0 aliphatic carbocycles. The van der Waals surface area contributed by atoms with Crippen LogP contribution < -0.4 is 24.7 Å². The molecule has 0 bridgehead atoms. The number of morpholine rings is 2. The van der Waals surface area contributed by atoms with Crippen LogP contribution in [0.1, 0.15) is 15.2 Å². The van der Waals surface area contributed by atoms with Crippen molar-refractivity contribution in [3.05, 3.63) is 52.2 Å². The molecule has 2 fully saturated rings. The van der Waals surface area contributed by atoms with Crippen molar-refractivity contribution < 1.29 is 23.7 Å². The van der Waals surface area contributed by atoms with Gasteiger partial charge in [0.15, 0.2) is 17.3 Å². The molecular weight excluding hydrogens is 496 g/mol. The highest BCUT2D eigenvalue weighted by Gasteiger charge is 2.19. The number of nitrogens with one attached hydrogen (secondary N) is 1. The fourth-order valence-corrected chi connectivity index (χ4v) is 4.50. The van der Waals surface area contributed by atoms with E-state index in [4.69, 9.17) is 23.9 Å². The lowest BCUT2D eigenvalue weighted by Gasteiger charge is -2.31. The summed E-state index contributed by atoms with van der Waals surface area (Å²) in [5.41, 5.74) is 3.79. The van der Waals surface area contributed by atoms with Gasteiger partial charge < -0.3 is 28.7 Å². The molecule has 2 aliphatic heterocycles. The van der Waals surface area contributed by atoms with Crippen molar-refractivity contribution in [1.82, 2.24) is 9.97 Å². The van der Waals surface area contributed by atoms with Gasteiger partial charge in [0.05, 0.1) is 39.8 Å². The van der Waals surface area contributed by atoms with Crippen molar-refractivity contribution in [1.29, 1.82) is 0 Å². The number of methoxy groups -OCH3 is 1. The Morgan fingerprint density at radius 1 is 1.03 bits per heavy atom. The smallest absolute Gasteiger partial charge is 0.353 e. The van der Waals surface area contributed by atoms with E-state index >= 15 is 0 Å². The van der Waals surface area contributed by atoms with Crippen LogP contribution in [0, 0.1) is 0 Å². The number of anilines is 3. The number of rotatable bonds is 8. The Bertz CT molecular complexity index is 1190. The van der Waals surface area contributed by atoms with E-state index in [1.165, 1.54) is 18.4 Å². The Hall–Kier alpha value is -3.74. The number of hydrazone groups is 1. The normalized spacial score (nSPS) is 16.1. The van der Waals surface area contributed by atoms with E-state index in [1.54, 1.807) is 36.5 Å². The second kappa shape index (κ2) is 12.0. The van der Waals surface area contributed by atoms with Gasteiger partial charge in [-0.2, -0.15) is 15.1 Å². The first-order chi connectivity index (χ1) is 18.2. The van der Waals surface area contributed by atoms with Gasteiger partial charge in [-0.15, -0.1) is 11.3 Å². The van der Waals surface area contributed by atoms with Crippen LogP contribution in [0.2, 0.25) is 0 Å². The van der Waals surface area contributed by atoms with Gasteiger partial charge in [-0.25, -0.2) is 4.79 Å². The number of nitrogens with zero attached hydrogens (tertiary/aromatic N) is 5. The third kappa shape index (κ3) is 6.34. The zero-order valence-electron chi connectivity index (χ0n) is 20.5. The number of hydrogen-bond acceptors (Lipinski definition) is 12. The molecule has 2 saturated heterocycles. The maximum Gasteiger partial charge on any atom is 0.353 e. The Labute approximate surface area is 218 Å². The SMILES string of the molecule is COc1cc(C=NNc2cc(N3CCOCC3)nc(N3CCOCC3)n2)ccc1OC(=O)c1cccs1. The van der Waals surface area contributed by atoms with E-state index in [0.717, 1.165) is 37.6 Å². The predicted molar refractivity (Wildman–Crippen MR) is 142 cm³/mol. The van der Waals surface area contributed by atoms with Gasteiger partial charge in [-0.05, 0) is 35.2 Å². The Balaban J connectivity index is 1.31. The summed E-state index contributed by atoms with van der Waals surface area (Å²) in [6, 6.07) is 10.6. The van der Waals surface area contributed by atoms with E-state index in [2.05, 4.69) is 25.3 Å². The summed E-state index contributed by atoms with van der Waals surface area (Å²) in [5, 5.41) is 6.20. The van der Waals surface area contributed by atoms with Gasteiger partial charge in [-0.1, -0.05) is 6.07 Å². The van der Waals surface area contributed by atoms with Crippen molar-refractivity contribution in [3.63, 3.8) is 0 Å². The van der Waals surface area contributed by atoms with Crippen molar-refractivity contribution in [2.24, 2.45) is 5.10 Å². The molecule has 2 aromatic heterocycles. The summed E-state index contributed by atoms with van der Waals surface area (Å²) in [6.07, 6.45) is 1.65. The Morgan fingerprint density at radius 3 is 2.49 bits per heavy atom. The van der Waals surface area contributed by atoms with Crippen LogP contribution in [-0.4, -0.2) is 81.9 Å². The fraction of sp³-hybridized carbons (Fsp3) is 0.360. The molecule has 0 amide bonds. The molecular formula is C25H28N6O5S. The van der Waals surface area contributed by atoms with Gasteiger partial charge in [0, 0.05) is 32.2 Å². The number of thiophene rings is 1. The summed E-state index contributed by atoms with van der Waals surface area (Å²) < 4.78 is 21.9. The molecule has 0 atom stereocenters. The maximum absolute atomic E-state index is 12.3. The zero-order valence-corrected chi connectivity index (χ0v) is 21.3. The molecule has 37 heavy (non-hydrogen) atoms. The monoisotopic (exact) mass is 524 g/mol. The standard InChI is InChI=1S/C25H28N6O5S/c1-33-20-15-18(4-5-19(20)36-24(32)21-3-2-14-37-21)17-26-29-22-16-23(30-6-10-34-11-7-30)28-25(27-22)31-8-12-35-13-9-31/h2-5,14-17H,6-13H2,1H3,(H,27,28,29). The van der Waals surface area contributed by atoms with Crippen LogP contribution in [0.3, 0.4) is 0 Å². The number of ether oxygens (including phenoxy) is 4. The Kier molecular flexibility index (Phi) is 8.08. The summed E-state index contributed by atoms with van der Waals surface area (Å²) in [7, 11) is 1.53. The number of benzene rings is 1. The zero-order chi connectivity index (χ0) is 25.5. The second-order valence-electron chi connectivity index (χ2n) is 8.26. The lowest BCUT2D eigenvalue weighted by Crippen LogP contribution is -2.39. The molecule has 4 heterocycles. The molecule has 1 N–H and O–H groups in total. The van der Waals surface area contributed by atoms with Crippen LogP contribution >= 0.6 is 11.3 Å². The van der Waals surface area contributed by atoms with Crippen molar-refractivity contribution >= 4 is 41.1 Å². The number of carbonyl (C=O) groups is 1. The summed E-state index contributed by atoms with van der Waals surface area (Å²) in [6.45, 7) is 5.63. The van der Waals surface area contributed by atoms with E-state index in [0.29, 0.717) is 54.6 Å². The molecule has 3 aromatic rings. The highest BCUT2D eigenvalue weighted by Crippen LogP contribution is 2.29. The molecule has 1 aromatic carbocycles. The number of aromatic nitrogens is 2. The van der Waals surface area contributed by atoms with E-state index in [1.807, 2.05) is 11.4 Å². The minimum absolute atomic E-state index is 0.340. The lowest BCUT2D eigenvalue weighted by molar-refractivity contribution is 0.0735. The molecule has 194 valence electrons. The van der Waals surface area contributed by atoms with Crippen molar-refractivity contribution in [2.45, 2.75) is 0 Å². The minimum atomic E-state index is -0.424. The maximum atomic E-state index is 12.3. The number of esters is 1. The van der Waals surface area contributed by atoms with Crippen LogP contribution in [-0.2, 0) is 9.47 Å². The van der Waals surface area contributed by atoms with Gasteiger partial charge in [0.2, 0.25) is 5.95 Å². The Morgan fingerprint density at radius 2 is 1.78 bits per heavy atom. The quantitative estimate of drug-likeness (QED) is 0.204. The third-order valence-electron chi connectivity index (χ3n) is 5.84. The van der Waals surface area contributed by atoms with Crippen LogP contribution in [0.4, 0.5) is 17.6 Å². The summed E-state index contributed by atoms with van der Waals surface area (Å²) >= 11 is 1.32. The molecule has 0 unspecified atom stereocenters. The molecule has 0 spiro atoms. The second-order valence-corrected chi connectivity index (χ2v) is 9.21. The summed E-state index contributed by atoms with van der Waals surface area (Å²) in [4.78, 5) is 26.6. The van der Waals surface area contributed by atoms with Crippen LogP contribution in [0.15, 0.2) is 46.9 Å². The topological polar surface area (TPSA) is 111 Å². The average molecular weight is 525 g/mol. The predicted octanol–water partition coefficient (Wildman–Crippen LogP) is 2.89. The van der Waals surface area contributed by atoms with E-state index in [-0.39, 0.29) is 0 Å². The molecule has 11 nitrogen and oxygen atoms in total. The molecule has 0 saturated carbocycles. The first kappa shape index (κ1) is 24.9. The first-order valence-corrected chi connectivity index (χ1v) is 12.8. The minimum Gasteiger partial charge on any atom is -0.493 e. The highest BCUT2D eigenvalue weighted by molar-refractivity contribution is 7.12. The molecule has 0 radical (unpaired) electrons. The molecule has 5 rings (SSSR count). The average Bonchev–Trinajstić information content (AvgIpc) is 3.50. The van der Waals surface area contributed by atoms with Gasteiger partial charge in [-0.3, -0.25) is 5.43 Å².